The Bertz CT molecular complexity index is 652. The van der Waals surface area contributed by atoms with Gasteiger partial charge in [0.15, 0.2) is 0 Å². The van der Waals surface area contributed by atoms with Gasteiger partial charge in [0, 0.05) is 30.7 Å². The van der Waals surface area contributed by atoms with Crippen molar-refractivity contribution in [1.82, 2.24) is 9.80 Å². The van der Waals surface area contributed by atoms with E-state index in [4.69, 9.17) is 0 Å². The molecule has 7 heteroatoms. The number of amides is 3. The highest BCUT2D eigenvalue weighted by Crippen LogP contribution is 2.27. The Labute approximate surface area is 150 Å². The van der Waals surface area contributed by atoms with Gasteiger partial charge in [0.25, 0.3) is 0 Å². The molecular formula is C17H22BrN3O3. The van der Waals surface area contributed by atoms with Gasteiger partial charge in [-0.05, 0) is 54.4 Å². The van der Waals surface area contributed by atoms with Crippen molar-refractivity contribution in [2.24, 2.45) is 5.41 Å². The molecule has 1 aromatic rings. The minimum Gasteiger partial charge on any atom is -0.342 e. The van der Waals surface area contributed by atoms with E-state index in [9.17, 15) is 14.4 Å². The molecular weight excluding hydrogens is 374 g/mol. The van der Waals surface area contributed by atoms with Crippen LogP contribution in [0.1, 0.15) is 19.4 Å². The quantitative estimate of drug-likeness (QED) is 0.626. The summed E-state index contributed by atoms with van der Waals surface area (Å²) in [5, 5.41) is 2.82. The number of anilines is 1. The molecule has 0 aliphatic carbocycles. The molecule has 3 amide bonds. The molecule has 2 rings (SSSR count). The van der Waals surface area contributed by atoms with Gasteiger partial charge in [0.2, 0.25) is 18.2 Å². The largest absolute Gasteiger partial charge is 0.342 e. The number of carbonyl (C=O) groups excluding carboxylic acids is 3. The number of benzene rings is 1. The van der Waals surface area contributed by atoms with Crippen LogP contribution in [0.3, 0.4) is 0 Å². The van der Waals surface area contributed by atoms with E-state index >= 15 is 0 Å². The van der Waals surface area contributed by atoms with Crippen molar-refractivity contribution in [3.8, 4) is 0 Å². The summed E-state index contributed by atoms with van der Waals surface area (Å²) in [6, 6.07) is 5.61. The van der Waals surface area contributed by atoms with Crippen LogP contribution in [-0.4, -0.2) is 54.2 Å². The van der Waals surface area contributed by atoms with Crippen LogP contribution >= 0.6 is 15.9 Å². The summed E-state index contributed by atoms with van der Waals surface area (Å²) in [6.45, 7) is 7.10. The van der Waals surface area contributed by atoms with E-state index in [1.165, 1.54) is 0 Å². The van der Waals surface area contributed by atoms with Gasteiger partial charge in [0.1, 0.15) is 5.41 Å². The maximum Gasteiger partial charge on any atom is 0.239 e. The van der Waals surface area contributed by atoms with Crippen LogP contribution in [0.2, 0.25) is 0 Å². The number of hydrogen-bond donors (Lipinski definition) is 1. The topological polar surface area (TPSA) is 69.7 Å². The molecule has 1 aliphatic rings. The Hall–Kier alpha value is -1.89. The van der Waals surface area contributed by atoms with Crippen molar-refractivity contribution in [1.29, 1.82) is 0 Å². The lowest BCUT2D eigenvalue weighted by Gasteiger charge is -2.36. The van der Waals surface area contributed by atoms with Crippen molar-refractivity contribution >= 4 is 39.8 Å². The maximum absolute atomic E-state index is 12.7. The molecule has 0 unspecified atom stereocenters. The standard InChI is InChI=1S/C17H22BrN3O3/c1-12-4-5-14(13(18)10-12)19-15(23)17(2,3)16(24)21-8-6-20(11-22)7-9-21/h4-5,10-11H,6-9H2,1-3H3,(H,19,23). The van der Waals surface area contributed by atoms with E-state index in [0.717, 1.165) is 16.4 Å². The Morgan fingerprint density at radius 1 is 1.21 bits per heavy atom. The average molecular weight is 396 g/mol. The zero-order chi connectivity index (χ0) is 17.9. The Morgan fingerprint density at radius 3 is 2.38 bits per heavy atom. The zero-order valence-corrected chi connectivity index (χ0v) is 15.7. The van der Waals surface area contributed by atoms with Crippen LogP contribution in [0.5, 0.6) is 0 Å². The SMILES string of the molecule is Cc1ccc(NC(=O)C(C)(C)C(=O)N2CCN(C=O)CC2)c(Br)c1. The summed E-state index contributed by atoms with van der Waals surface area (Å²) in [7, 11) is 0. The Morgan fingerprint density at radius 2 is 1.83 bits per heavy atom. The highest BCUT2D eigenvalue weighted by Gasteiger charge is 2.40. The second-order valence-electron chi connectivity index (χ2n) is 6.50. The number of hydrogen-bond acceptors (Lipinski definition) is 3. The first kappa shape index (κ1) is 18.4. The monoisotopic (exact) mass is 395 g/mol. The second kappa shape index (κ2) is 7.34. The van der Waals surface area contributed by atoms with E-state index in [1.54, 1.807) is 29.7 Å². The van der Waals surface area contributed by atoms with Gasteiger partial charge >= 0.3 is 0 Å². The number of halogens is 1. The molecule has 6 nitrogen and oxygen atoms in total. The lowest BCUT2D eigenvalue weighted by Crippen LogP contribution is -2.54. The minimum atomic E-state index is -1.19. The number of nitrogens with one attached hydrogen (secondary N) is 1. The molecule has 0 spiro atoms. The number of aryl methyl sites for hydroxylation is 1. The fourth-order valence-electron chi connectivity index (χ4n) is 2.52. The van der Waals surface area contributed by atoms with Crippen LogP contribution in [0.25, 0.3) is 0 Å². The third kappa shape index (κ3) is 3.95. The summed E-state index contributed by atoms with van der Waals surface area (Å²) < 4.78 is 0.777. The molecule has 0 saturated carbocycles. The van der Waals surface area contributed by atoms with E-state index in [0.29, 0.717) is 31.9 Å². The van der Waals surface area contributed by atoms with Crippen molar-refractivity contribution in [3.63, 3.8) is 0 Å². The molecule has 1 aliphatic heterocycles. The van der Waals surface area contributed by atoms with Gasteiger partial charge < -0.3 is 15.1 Å². The van der Waals surface area contributed by atoms with Crippen LogP contribution in [0, 0.1) is 12.3 Å². The molecule has 130 valence electrons. The van der Waals surface area contributed by atoms with E-state index in [2.05, 4.69) is 21.2 Å². The van der Waals surface area contributed by atoms with E-state index in [-0.39, 0.29) is 11.8 Å². The van der Waals surface area contributed by atoms with Crippen LogP contribution < -0.4 is 5.32 Å². The highest BCUT2D eigenvalue weighted by atomic mass is 79.9. The second-order valence-corrected chi connectivity index (χ2v) is 7.35. The normalized spacial score (nSPS) is 15.2. The lowest BCUT2D eigenvalue weighted by molar-refractivity contribution is -0.148. The van der Waals surface area contributed by atoms with Crippen molar-refractivity contribution in [2.75, 3.05) is 31.5 Å². The maximum atomic E-state index is 12.7. The summed E-state index contributed by atoms with van der Waals surface area (Å²) in [4.78, 5) is 39.4. The molecule has 0 radical (unpaired) electrons. The highest BCUT2D eigenvalue weighted by molar-refractivity contribution is 9.10. The smallest absolute Gasteiger partial charge is 0.239 e. The Kier molecular flexibility index (Phi) is 5.64. The first-order chi connectivity index (χ1) is 11.3. The molecule has 1 saturated heterocycles. The fourth-order valence-corrected chi connectivity index (χ4v) is 3.12. The molecule has 0 bridgehead atoms. The van der Waals surface area contributed by atoms with Crippen molar-refractivity contribution in [2.45, 2.75) is 20.8 Å². The van der Waals surface area contributed by atoms with Gasteiger partial charge in [-0.15, -0.1) is 0 Å². The Balaban J connectivity index is 2.06. The van der Waals surface area contributed by atoms with Crippen LogP contribution in [-0.2, 0) is 14.4 Å². The molecule has 1 fully saturated rings. The minimum absolute atomic E-state index is 0.228. The number of carbonyl (C=O) groups is 3. The van der Waals surface area contributed by atoms with Gasteiger partial charge in [-0.3, -0.25) is 14.4 Å². The van der Waals surface area contributed by atoms with Crippen molar-refractivity contribution in [3.05, 3.63) is 28.2 Å². The third-order valence-corrected chi connectivity index (χ3v) is 4.88. The van der Waals surface area contributed by atoms with E-state index < -0.39 is 5.41 Å². The number of rotatable bonds is 4. The molecule has 24 heavy (non-hydrogen) atoms. The van der Waals surface area contributed by atoms with E-state index in [1.807, 2.05) is 19.1 Å². The molecule has 1 heterocycles. The summed E-state index contributed by atoms with van der Waals surface area (Å²) >= 11 is 3.42. The third-order valence-electron chi connectivity index (χ3n) is 4.23. The molecule has 0 atom stereocenters. The molecule has 1 aromatic carbocycles. The lowest BCUT2D eigenvalue weighted by atomic mass is 9.89. The molecule has 0 aromatic heterocycles. The zero-order valence-electron chi connectivity index (χ0n) is 14.1. The van der Waals surface area contributed by atoms with Gasteiger partial charge in [-0.2, -0.15) is 0 Å². The van der Waals surface area contributed by atoms with Crippen molar-refractivity contribution < 1.29 is 14.4 Å². The van der Waals surface area contributed by atoms with Gasteiger partial charge in [0.05, 0.1) is 5.69 Å². The first-order valence-corrected chi connectivity index (χ1v) is 8.61. The number of nitrogens with zero attached hydrogens (tertiary/aromatic N) is 2. The number of piperazine rings is 1. The first-order valence-electron chi connectivity index (χ1n) is 7.82. The summed E-state index contributed by atoms with van der Waals surface area (Å²) in [5.41, 5.74) is 0.522. The molecule has 1 N–H and O–H groups in total. The summed E-state index contributed by atoms with van der Waals surface area (Å²) in [6.07, 6.45) is 0.786. The fraction of sp³-hybridized carbons (Fsp3) is 0.471. The van der Waals surface area contributed by atoms with Crippen LogP contribution in [0.15, 0.2) is 22.7 Å². The predicted octanol–water partition coefficient (Wildman–Crippen LogP) is 2.02. The van der Waals surface area contributed by atoms with Gasteiger partial charge in [-0.1, -0.05) is 6.07 Å². The van der Waals surface area contributed by atoms with Crippen LogP contribution in [0.4, 0.5) is 5.69 Å². The average Bonchev–Trinajstić information content (AvgIpc) is 2.56. The predicted molar refractivity (Wildman–Crippen MR) is 95.5 cm³/mol. The summed E-state index contributed by atoms with van der Waals surface area (Å²) in [5.74, 6) is -0.580. The van der Waals surface area contributed by atoms with Gasteiger partial charge in [-0.25, -0.2) is 0 Å².